The first-order valence-corrected chi connectivity index (χ1v) is 6.59. The van der Waals surface area contributed by atoms with Gasteiger partial charge in [0.25, 0.3) is 5.91 Å². The minimum atomic E-state index is -0.307. The Bertz CT molecular complexity index is 631. The van der Waals surface area contributed by atoms with Gasteiger partial charge in [0.2, 0.25) is 0 Å². The lowest BCUT2D eigenvalue weighted by Gasteiger charge is -2.07. The third-order valence-corrected chi connectivity index (χ3v) is 3.19. The maximum Gasteiger partial charge on any atom is 0.254 e. The molecule has 0 radical (unpaired) electrons. The zero-order valence-corrected chi connectivity index (χ0v) is 11.7. The molecule has 0 bridgehead atoms. The number of carbonyl (C=O) groups excluding carboxylic acids is 1. The molecule has 0 unspecified atom stereocenters. The maximum absolute atomic E-state index is 13.4. The number of benzene rings is 1. The number of amides is 1. The number of nitrogens with one attached hydrogen (secondary N) is 1. The number of rotatable bonds is 4. The van der Waals surface area contributed by atoms with Crippen molar-refractivity contribution in [3.05, 3.63) is 64.2 Å². The Hall–Kier alpha value is -1.94. The summed E-state index contributed by atoms with van der Waals surface area (Å²) in [6.07, 6.45) is 1.87. The van der Waals surface area contributed by atoms with Gasteiger partial charge in [0.15, 0.2) is 0 Å². The zero-order chi connectivity index (χ0) is 14.5. The van der Waals surface area contributed by atoms with Crippen LogP contribution in [0.4, 0.5) is 4.39 Å². The average molecular weight is 293 g/mol. The van der Waals surface area contributed by atoms with Crippen LogP contribution in [0.3, 0.4) is 0 Å². The fourth-order valence-electron chi connectivity index (χ4n) is 1.80. The molecule has 2 aromatic rings. The third-order valence-electron chi connectivity index (χ3n) is 2.87. The van der Waals surface area contributed by atoms with Gasteiger partial charge in [-0.25, -0.2) is 4.39 Å². The van der Waals surface area contributed by atoms with Gasteiger partial charge in [0.1, 0.15) is 5.82 Å². The molecule has 3 nitrogen and oxygen atoms in total. The standard InChI is InChI=1S/C15H14ClFN2O/c1-10-8-13(16)12(9-19-10)15(20)18-7-6-11-4-2-3-5-14(11)17/h2-5,8-9H,6-7H2,1H3,(H,18,20). The van der Waals surface area contributed by atoms with Gasteiger partial charge in [-0.15, -0.1) is 0 Å². The first kappa shape index (κ1) is 14.5. The molecule has 1 heterocycles. The van der Waals surface area contributed by atoms with Crippen LogP contribution in [0.1, 0.15) is 21.6 Å². The summed E-state index contributed by atoms with van der Waals surface area (Å²) in [4.78, 5) is 16.0. The van der Waals surface area contributed by atoms with Crippen LogP contribution < -0.4 is 5.32 Å². The summed E-state index contributed by atoms with van der Waals surface area (Å²) in [7, 11) is 0. The molecule has 1 aromatic carbocycles. The Morgan fingerprint density at radius 2 is 2.15 bits per heavy atom. The first-order valence-electron chi connectivity index (χ1n) is 6.21. The fraction of sp³-hybridized carbons (Fsp3) is 0.200. The van der Waals surface area contributed by atoms with Crippen LogP contribution >= 0.6 is 11.6 Å². The molecule has 1 aromatic heterocycles. The van der Waals surface area contributed by atoms with E-state index in [-0.39, 0.29) is 11.7 Å². The number of halogens is 2. The molecule has 0 saturated carbocycles. The Kier molecular flexibility index (Phi) is 4.69. The summed E-state index contributed by atoms with van der Waals surface area (Å²) in [5.74, 6) is -0.573. The molecule has 2 rings (SSSR count). The minimum absolute atomic E-state index is 0.267. The van der Waals surface area contributed by atoms with Crippen LogP contribution in [-0.4, -0.2) is 17.4 Å². The van der Waals surface area contributed by atoms with Crippen LogP contribution in [0.15, 0.2) is 36.5 Å². The van der Waals surface area contributed by atoms with Crippen LogP contribution in [0, 0.1) is 12.7 Å². The lowest BCUT2D eigenvalue weighted by molar-refractivity contribution is 0.0954. The highest BCUT2D eigenvalue weighted by Gasteiger charge is 2.10. The van der Waals surface area contributed by atoms with E-state index in [2.05, 4.69) is 10.3 Å². The van der Waals surface area contributed by atoms with Gasteiger partial charge < -0.3 is 5.32 Å². The van der Waals surface area contributed by atoms with E-state index in [1.165, 1.54) is 12.3 Å². The number of aryl methyl sites for hydroxylation is 1. The van der Waals surface area contributed by atoms with E-state index in [0.29, 0.717) is 29.1 Å². The fourth-order valence-corrected chi connectivity index (χ4v) is 2.09. The molecule has 104 valence electrons. The molecule has 0 fully saturated rings. The topological polar surface area (TPSA) is 42.0 Å². The molecule has 0 aliphatic carbocycles. The van der Waals surface area contributed by atoms with Gasteiger partial charge in [0, 0.05) is 18.4 Å². The highest BCUT2D eigenvalue weighted by molar-refractivity contribution is 6.33. The van der Waals surface area contributed by atoms with Crippen molar-refractivity contribution in [1.82, 2.24) is 10.3 Å². The molecule has 1 amide bonds. The highest BCUT2D eigenvalue weighted by atomic mass is 35.5. The third kappa shape index (κ3) is 3.54. The van der Waals surface area contributed by atoms with E-state index < -0.39 is 0 Å². The smallest absolute Gasteiger partial charge is 0.254 e. The molecule has 0 atom stereocenters. The summed E-state index contributed by atoms with van der Waals surface area (Å²) >= 11 is 5.98. The number of pyridine rings is 1. The van der Waals surface area contributed by atoms with Gasteiger partial charge in [-0.1, -0.05) is 29.8 Å². The molecule has 20 heavy (non-hydrogen) atoms. The second kappa shape index (κ2) is 6.48. The predicted molar refractivity (Wildman–Crippen MR) is 76.4 cm³/mol. The van der Waals surface area contributed by atoms with Gasteiger partial charge in [-0.05, 0) is 31.0 Å². The monoisotopic (exact) mass is 292 g/mol. The largest absolute Gasteiger partial charge is 0.352 e. The van der Waals surface area contributed by atoms with Crippen molar-refractivity contribution >= 4 is 17.5 Å². The van der Waals surface area contributed by atoms with Gasteiger partial charge in [-0.2, -0.15) is 0 Å². The molecule has 5 heteroatoms. The van der Waals surface area contributed by atoms with E-state index in [1.54, 1.807) is 31.2 Å². The minimum Gasteiger partial charge on any atom is -0.352 e. The summed E-state index contributed by atoms with van der Waals surface area (Å²) in [6.45, 7) is 2.13. The predicted octanol–water partition coefficient (Wildman–Crippen LogP) is 3.16. The Morgan fingerprint density at radius 3 is 2.85 bits per heavy atom. The quantitative estimate of drug-likeness (QED) is 0.940. The van der Waals surface area contributed by atoms with Crippen molar-refractivity contribution in [1.29, 1.82) is 0 Å². The number of nitrogens with zero attached hydrogens (tertiary/aromatic N) is 1. The van der Waals surface area contributed by atoms with Gasteiger partial charge in [-0.3, -0.25) is 9.78 Å². The second-order valence-electron chi connectivity index (χ2n) is 4.40. The van der Waals surface area contributed by atoms with E-state index in [0.717, 1.165) is 5.69 Å². The van der Waals surface area contributed by atoms with E-state index >= 15 is 0 Å². The second-order valence-corrected chi connectivity index (χ2v) is 4.81. The Morgan fingerprint density at radius 1 is 1.40 bits per heavy atom. The van der Waals surface area contributed by atoms with Crippen molar-refractivity contribution in [2.24, 2.45) is 0 Å². The van der Waals surface area contributed by atoms with Crippen LogP contribution in [0.5, 0.6) is 0 Å². The molecule has 0 spiro atoms. The van der Waals surface area contributed by atoms with Crippen molar-refractivity contribution in [3.63, 3.8) is 0 Å². The number of hydrogen-bond acceptors (Lipinski definition) is 2. The Balaban J connectivity index is 1.94. The lowest BCUT2D eigenvalue weighted by atomic mass is 10.1. The van der Waals surface area contributed by atoms with E-state index in [9.17, 15) is 9.18 Å². The zero-order valence-electron chi connectivity index (χ0n) is 11.0. The molecule has 0 saturated heterocycles. The van der Waals surface area contributed by atoms with Crippen molar-refractivity contribution in [2.75, 3.05) is 6.54 Å². The summed E-state index contributed by atoms with van der Waals surface area (Å²) in [6, 6.07) is 8.13. The van der Waals surface area contributed by atoms with Crippen LogP contribution in [0.2, 0.25) is 5.02 Å². The normalized spacial score (nSPS) is 10.3. The Labute approximate surface area is 121 Å². The number of hydrogen-bond donors (Lipinski definition) is 1. The molecular formula is C15H14ClFN2O. The average Bonchev–Trinajstić information content (AvgIpc) is 2.40. The molecule has 1 N–H and O–H groups in total. The van der Waals surface area contributed by atoms with Gasteiger partial charge >= 0.3 is 0 Å². The SMILES string of the molecule is Cc1cc(Cl)c(C(=O)NCCc2ccccc2F)cn1. The summed E-state index contributed by atoms with van der Waals surface area (Å²) in [5.41, 5.74) is 1.64. The number of carbonyl (C=O) groups is 1. The van der Waals surface area contributed by atoms with E-state index in [4.69, 9.17) is 11.6 Å². The van der Waals surface area contributed by atoms with Crippen LogP contribution in [-0.2, 0) is 6.42 Å². The first-order chi connectivity index (χ1) is 9.58. The van der Waals surface area contributed by atoms with Gasteiger partial charge in [0.05, 0.1) is 10.6 Å². The summed E-state index contributed by atoms with van der Waals surface area (Å²) in [5, 5.41) is 3.07. The summed E-state index contributed by atoms with van der Waals surface area (Å²) < 4.78 is 13.4. The van der Waals surface area contributed by atoms with Crippen molar-refractivity contribution < 1.29 is 9.18 Å². The van der Waals surface area contributed by atoms with E-state index in [1.807, 2.05) is 0 Å². The molecule has 0 aliphatic rings. The molecular weight excluding hydrogens is 279 g/mol. The maximum atomic E-state index is 13.4. The van der Waals surface area contributed by atoms with Crippen LogP contribution in [0.25, 0.3) is 0 Å². The lowest BCUT2D eigenvalue weighted by Crippen LogP contribution is -2.26. The number of aromatic nitrogens is 1. The molecule has 0 aliphatic heterocycles. The van der Waals surface area contributed by atoms with Crippen molar-refractivity contribution in [3.8, 4) is 0 Å². The highest BCUT2D eigenvalue weighted by Crippen LogP contribution is 2.15. The van der Waals surface area contributed by atoms with Crippen molar-refractivity contribution in [2.45, 2.75) is 13.3 Å².